The van der Waals surface area contributed by atoms with Gasteiger partial charge in [0, 0.05) is 0 Å². The molecule has 1 aromatic rings. The van der Waals surface area contributed by atoms with Crippen LogP contribution < -0.4 is 16.8 Å². The highest BCUT2D eigenvalue weighted by Gasteiger charge is 2.14. The zero-order valence-electron chi connectivity index (χ0n) is 9.09. The summed E-state index contributed by atoms with van der Waals surface area (Å²) in [7, 11) is -4.02. The van der Waals surface area contributed by atoms with Gasteiger partial charge in [0.05, 0.1) is 5.30 Å². The van der Waals surface area contributed by atoms with Crippen LogP contribution in [0.4, 0.5) is 4.79 Å². The molecule has 10 heteroatoms. The Morgan fingerprint density at radius 1 is 1.11 bits per heavy atom. The lowest BCUT2D eigenvalue weighted by atomic mass is 10.4. The first-order valence-corrected chi connectivity index (χ1v) is 5.81. The Hall–Kier alpha value is -2.09. The maximum atomic E-state index is 10.5. The van der Waals surface area contributed by atoms with Gasteiger partial charge in [-0.05, 0) is 12.1 Å². The summed E-state index contributed by atoms with van der Waals surface area (Å²) >= 11 is 0. The lowest BCUT2D eigenvalue weighted by Crippen LogP contribution is -2.20. The number of nitrogens with one attached hydrogen (secondary N) is 1. The second-order valence-electron chi connectivity index (χ2n) is 2.62. The van der Waals surface area contributed by atoms with Gasteiger partial charge in [-0.1, -0.05) is 18.2 Å². The SMILES string of the molecule is N=C(N)N.O=C(O)O.O=P(O)(O)c1ccccc1. The highest BCUT2D eigenvalue weighted by molar-refractivity contribution is 7.60. The number of benzene rings is 1. The first-order chi connectivity index (χ1) is 8.07. The van der Waals surface area contributed by atoms with Crippen LogP contribution in [0.5, 0.6) is 0 Å². The first-order valence-electron chi connectivity index (χ1n) is 4.20. The van der Waals surface area contributed by atoms with Crippen molar-refractivity contribution in [1.82, 2.24) is 0 Å². The number of carbonyl (C=O) groups is 1. The second-order valence-corrected chi connectivity index (χ2v) is 4.22. The minimum absolute atomic E-state index is 0.0648. The summed E-state index contributed by atoms with van der Waals surface area (Å²) in [5, 5.41) is 20.1. The molecule has 0 aliphatic rings. The molecule has 9 N–H and O–H groups in total. The number of hydrogen-bond acceptors (Lipinski definition) is 3. The highest BCUT2D eigenvalue weighted by atomic mass is 31.2. The Labute approximate surface area is 102 Å². The predicted molar refractivity (Wildman–Crippen MR) is 64.9 cm³/mol. The lowest BCUT2D eigenvalue weighted by molar-refractivity contribution is 0.137. The number of hydrogen-bond donors (Lipinski definition) is 7. The van der Waals surface area contributed by atoms with Crippen LogP contribution >= 0.6 is 7.60 Å². The lowest BCUT2D eigenvalue weighted by Gasteiger charge is -2.00. The second kappa shape index (κ2) is 8.99. The Balaban J connectivity index is 0. The van der Waals surface area contributed by atoms with Crippen molar-refractivity contribution in [3.05, 3.63) is 30.3 Å². The third-order valence-corrected chi connectivity index (χ3v) is 2.06. The molecule has 0 atom stereocenters. The molecule has 0 aliphatic carbocycles. The van der Waals surface area contributed by atoms with E-state index in [4.69, 9.17) is 30.2 Å². The fourth-order valence-corrected chi connectivity index (χ4v) is 1.18. The summed E-state index contributed by atoms with van der Waals surface area (Å²) in [6.45, 7) is 0. The van der Waals surface area contributed by atoms with Crippen molar-refractivity contribution in [2.45, 2.75) is 0 Å². The smallest absolute Gasteiger partial charge is 0.450 e. The van der Waals surface area contributed by atoms with Crippen molar-refractivity contribution in [3.63, 3.8) is 0 Å². The fraction of sp³-hybridized carbons (Fsp3) is 0. The molecule has 0 amide bonds. The van der Waals surface area contributed by atoms with E-state index in [-0.39, 0.29) is 11.3 Å². The Morgan fingerprint density at radius 3 is 1.56 bits per heavy atom. The van der Waals surface area contributed by atoms with E-state index in [1.165, 1.54) is 12.1 Å². The van der Waals surface area contributed by atoms with Gasteiger partial charge in [0.2, 0.25) is 0 Å². The van der Waals surface area contributed by atoms with Crippen LogP contribution in [0.25, 0.3) is 0 Å². The molecule has 1 rings (SSSR count). The topological polar surface area (TPSA) is 191 Å². The van der Waals surface area contributed by atoms with Crippen LogP contribution in [-0.2, 0) is 4.57 Å². The van der Waals surface area contributed by atoms with Crippen molar-refractivity contribution in [1.29, 1.82) is 5.41 Å². The summed E-state index contributed by atoms with van der Waals surface area (Å²) in [5.74, 6) is -0.333. The van der Waals surface area contributed by atoms with E-state index in [9.17, 15) is 4.57 Å². The van der Waals surface area contributed by atoms with Gasteiger partial charge in [0.25, 0.3) is 0 Å². The van der Waals surface area contributed by atoms with Crippen molar-refractivity contribution in [3.8, 4) is 0 Å². The molecule has 0 radical (unpaired) electrons. The number of rotatable bonds is 1. The molecule has 0 spiro atoms. The number of carboxylic acid groups (broad SMARTS) is 2. The van der Waals surface area contributed by atoms with Crippen molar-refractivity contribution in [2.24, 2.45) is 11.5 Å². The molecule has 0 fully saturated rings. The standard InChI is InChI=1S/C6H7O3P.CH5N3.CH2O3/c7-10(8,9)6-4-2-1-3-5-6;2*2-1(3)4/h1-5H,(H2,7,8,9);(H5,2,3,4);(H2,2,3,4). The van der Waals surface area contributed by atoms with Gasteiger partial charge in [-0.3, -0.25) is 9.97 Å². The molecule has 0 aliphatic heterocycles. The minimum atomic E-state index is -4.02. The average Bonchev–Trinajstić information content (AvgIpc) is 2.16. The van der Waals surface area contributed by atoms with E-state index in [0.29, 0.717) is 0 Å². The Bertz CT molecular complexity index is 398. The molecule has 1 aromatic carbocycles. The summed E-state index contributed by atoms with van der Waals surface area (Å²) in [6, 6.07) is 7.70. The number of nitrogens with two attached hydrogens (primary N) is 2. The molecular weight excluding hydrogens is 265 g/mol. The van der Waals surface area contributed by atoms with Crippen molar-refractivity contribution in [2.75, 3.05) is 0 Å². The van der Waals surface area contributed by atoms with E-state index in [2.05, 4.69) is 11.5 Å². The van der Waals surface area contributed by atoms with Gasteiger partial charge in [-0.15, -0.1) is 0 Å². The molecule has 102 valence electrons. The van der Waals surface area contributed by atoms with E-state index >= 15 is 0 Å². The van der Waals surface area contributed by atoms with Crippen LogP contribution in [0.2, 0.25) is 0 Å². The summed E-state index contributed by atoms with van der Waals surface area (Å²) in [4.78, 5) is 25.8. The normalized spacial score (nSPS) is 9.00. The zero-order chi connectivity index (χ0) is 14.8. The molecular formula is C8H14N3O6P. The molecule has 0 unspecified atom stereocenters. The summed E-state index contributed by atoms with van der Waals surface area (Å²) in [6.07, 6.45) is -1.83. The third kappa shape index (κ3) is 16.3. The monoisotopic (exact) mass is 279 g/mol. The molecule has 0 bridgehead atoms. The maximum Gasteiger partial charge on any atom is 0.503 e. The van der Waals surface area contributed by atoms with Crippen LogP contribution in [0.15, 0.2) is 30.3 Å². The predicted octanol–water partition coefficient (Wildman–Crippen LogP) is -0.449. The molecule has 0 saturated carbocycles. The molecule has 18 heavy (non-hydrogen) atoms. The Kier molecular flexibility index (Phi) is 9.13. The minimum Gasteiger partial charge on any atom is -0.450 e. The van der Waals surface area contributed by atoms with Crippen LogP contribution in [-0.4, -0.2) is 32.1 Å². The zero-order valence-corrected chi connectivity index (χ0v) is 9.99. The van der Waals surface area contributed by atoms with Gasteiger partial charge in [-0.25, -0.2) is 4.79 Å². The Morgan fingerprint density at radius 2 is 1.39 bits per heavy atom. The maximum absolute atomic E-state index is 10.5. The van der Waals surface area contributed by atoms with E-state index < -0.39 is 13.8 Å². The molecule has 0 heterocycles. The van der Waals surface area contributed by atoms with Gasteiger partial charge in [0.1, 0.15) is 0 Å². The summed E-state index contributed by atoms with van der Waals surface area (Å²) in [5.41, 5.74) is 8.94. The van der Waals surface area contributed by atoms with Crippen LogP contribution in [0.3, 0.4) is 0 Å². The van der Waals surface area contributed by atoms with Crippen molar-refractivity contribution >= 4 is 25.0 Å². The van der Waals surface area contributed by atoms with Gasteiger partial charge >= 0.3 is 13.8 Å². The highest BCUT2D eigenvalue weighted by Crippen LogP contribution is 2.32. The van der Waals surface area contributed by atoms with Gasteiger partial charge < -0.3 is 31.5 Å². The van der Waals surface area contributed by atoms with E-state index in [1.54, 1.807) is 18.2 Å². The average molecular weight is 279 g/mol. The largest absolute Gasteiger partial charge is 0.503 e. The molecule has 9 nitrogen and oxygen atoms in total. The van der Waals surface area contributed by atoms with E-state index in [0.717, 1.165) is 0 Å². The fourth-order valence-electron chi connectivity index (χ4n) is 0.622. The van der Waals surface area contributed by atoms with Gasteiger partial charge in [-0.2, -0.15) is 0 Å². The van der Waals surface area contributed by atoms with Gasteiger partial charge in [0.15, 0.2) is 5.96 Å². The number of guanidine groups is 1. The van der Waals surface area contributed by atoms with Crippen LogP contribution in [0, 0.1) is 5.41 Å². The van der Waals surface area contributed by atoms with Crippen LogP contribution in [0.1, 0.15) is 0 Å². The third-order valence-electron chi connectivity index (χ3n) is 1.09. The quantitative estimate of drug-likeness (QED) is 0.204. The first kappa shape index (κ1) is 18.3. The van der Waals surface area contributed by atoms with Crippen molar-refractivity contribution < 1.29 is 29.4 Å². The van der Waals surface area contributed by atoms with E-state index in [1.807, 2.05) is 0 Å². The summed E-state index contributed by atoms with van der Waals surface area (Å²) < 4.78 is 10.5. The molecule has 0 saturated heterocycles. The molecule has 0 aromatic heterocycles.